The predicted octanol–water partition coefficient (Wildman–Crippen LogP) is 5.65. The molecular weight excluding hydrogens is 444 g/mol. The Morgan fingerprint density at radius 1 is 0.829 bits per heavy atom. The summed E-state index contributed by atoms with van der Waals surface area (Å²) in [5, 5.41) is 15.7. The van der Waals surface area contributed by atoms with Gasteiger partial charge in [0.05, 0.1) is 22.0 Å². The first-order valence-electron chi connectivity index (χ1n) is 10.7. The molecule has 1 heterocycles. The fourth-order valence-corrected chi connectivity index (χ4v) is 3.52. The summed E-state index contributed by atoms with van der Waals surface area (Å²) >= 11 is 0. The van der Waals surface area contributed by atoms with E-state index in [4.69, 9.17) is 4.74 Å². The molecule has 0 amide bonds. The van der Waals surface area contributed by atoms with E-state index >= 15 is 0 Å². The highest BCUT2D eigenvalue weighted by Gasteiger charge is 2.12. The molecule has 0 aliphatic heterocycles. The van der Waals surface area contributed by atoms with Gasteiger partial charge < -0.3 is 4.74 Å². The molecule has 0 saturated heterocycles. The van der Waals surface area contributed by atoms with Crippen LogP contribution in [0.15, 0.2) is 113 Å². The Hall–Kier alpha value is -5.11. The summed E-state index contributed by atoms with van der Waals surface area (Å²) in [6.07, 6.45) is 1.58. The van der Waals surface area contributed by atoms with Crippen LogP contribution in [-0.4, -0.2) is 20.8 Å². The van der Waals surface area contributed by atoms with Crippen molar-refractivity contribution in [2.75, 3.05) is 0 Å². The van der Waals surface area contributed by atoms with Gasteiger partial charge >= 0.3 is 0 Å². The van der Waals surface area contributed by atoms with Gasteiger partial charge in [-0.25, -0.2) is 4.98 Å². The zero-order valence-corrected chi connectivity index (χ0v) is 18.3. The van der Waals surface area contributed by atoms with Crippen LogP contribution in [0, 0.1) is 10.1 Å². The summed E-state index contributed by atoms with van der Waals surface area (Å²) < 4.78 is 7.05. The van der Waals surface area contributed by atoms with Crippen LogP contribution in [0.25, 0.3) is 22.3 Å². The van der Waals surface area contributed by atoms with Crippen LogP contribution in [0.3, 0.4) is 0 Å². The summed E-state index contributed by atoms with van der Waals surface area (Å²) in [4.78, 5) is 28.2. The molecule has 1 aromatic heterocycles. The Morgan fingerprint density at radius 3 is 2.14 bits per heavy atom. The number of nitro benzene ring substituents is 1. The standard InChI is InChI=1S/C27H18N4O4/c32-27-24-8-4-5-9-25(24)29-26(20-6-2-1-3-7-20)30(27)28-18-19-10-14-22(15-11-19)35-23-16-12-21(13-17-23)31(33)34/h1-18H/b28-18+. The minimum Gasteiger partial charge on any atom is -0.457 e. The number of benzene rings is 4. The monoisotopic (exact) mass is 462 g/mol. The summed E-state index contributed by atoms with van der Waals surface area (Å²) in [5.41, 5.74) is 1.87. The number of fused-ring (bicyclic) bond motifs is 1. The predicted molar refractivity (Wildman–Crippen MR) is 134 cm³/mol. The number of aromatic nitrogens is 2. The van der Waals surface area contributed by atoms with Crippen molar-refractivity contribution in [1.82, 2.24) is 9.66 Å². The molecular formula is C27H18N4O4. The first kappa shape index (κ1) is 21.7. The Balaban J connectivity index is 1.44. The smallest absolute Gasteiger partial charge is 0.282 e. The third kappa shape index (κ3) is 4.67. The lowest BCUT2D eigenvalue weighted by molar-refractivity contribution is -0.384. The molecule has 0 spiro atoms. The van der Waals surface area contributed by atoms with Gasteiger partial charge in [-0.05, 0) is 54.1 Å². The second-order valence-electron chi connectivity index (χ2n) is 7.60. The second-order valence-corrected chi connectivity index (χ2v) is 7.60. The fraction of sp³-hybridized carbons (Fsp3) is 0. The molecule has 0 aliphatic rings. The first-order valence-corrected chi connectivity index (χ1v) is 10.7. The Kier molecular flexibility index (Phi) is 5.83. The van der Waals surface area contributed by atoms with Gasteiger partial charge in [0.25, 0.3) is 11.2 Å². The van der Waals surface area contributed by atoms with E-state index in [2.05, 4.69) is 10.1 Å². The van der Waals surface area contributed by atoms with Crippen molar-refractivity contribution in [2.24, 2.45) is 5.10 Å². The summed E-state index contributed by atoms with van der Waals surface area (Å²) in [7, 11) is 0. The minimum absolute atomic E-state index is 0.00259. The molecule has 0 aliphatic carbocycles. The average Bonchev–Trinajstić information content (AvgIpc) is 2.90. The highest BCUT2D eigenvalue weighted by Crippen LogP contribution is 2.24. The van der Waals surface area contributed by atoms with Crippen molar-refractivity contribution in [3.63, 3.8) is 0 Å². The molecule has 8 nitrogen and oxygen atoms in total. The topological polar surface area (TPSA) is 99.6 Å². The Bertz CT molecular complexity index is 1590. The maximum Gasteiger partial charge on any atom is 0.282 e. The SMILES string of the molecule is O=c1c2ccccc2nc(-c2ccccc2)n1/N=C/c1ccc(Oc2ccc([N+](=O)[O-])cc2)cc1. The number of nitrogens with zero attached hydrogens (tertiary/aromatic N) is 4. The zero-order valence-electron chi connectivity index (χ0n) is 18.3. The van der Waals surface area contributed by atoms with Gasteiger partial charge in [0.15, 0.2) is 5.82 Å². The lowest BCUT2D eigenvalue weighted by Crippen LogP contribution is -2.20. The third-order valence-corrected chi connectivity index (χ3v) is 5.27. The number of hydrogen-bond acceptors (Lipinski definition) is 6. The largest absolute Gasteiger partial charge is 0.457 e. The normalized spacial score (nSPS) is 11.1. The van der Waals surface area contributed by atoms with E-state index in [1.54, 1.807) is 48.7 Å². The van der Waals surface area contributed by atoms with Crippen molar-refractivity contribution in [3.05, 3.63) is 129 Å². The number of hydrogen-bond donors (Lipinski definition) is 0. The van der Waals surface area contributed by atoms with Gasteiger partial charge in [-0.2, -0.15) is 9.78 Å². The molecule has 0 bridgehead atoms. The number of rotatable bonds is 6. The maximum atomic E-state index is 13.2. The minimum atomic E-state index is -0.461. The van der Waals surface area contributed by atoms with Crippen LogP contribution >= 0.6 is 0 Å². The lowest BCUT2D eigenvalue weighted by Gasteiger charge is -2.09. The average molecular weight is 462 g/mol. The third-order valence-electron chi connectivity index (χ3n) is 5.27. The number of ether oxygens (including phenoxy) is 1. The highest BCUT2D eigenvalue weighted by atomic mass is 16.6. The molecule has 170 valence electrons. The number of non-ortho nitro benzene ring substituents is 1. The first-order chi connectivity index (χ1) is 17.1. The Labute approximate surface area is 199 Å². The van der Waals surface area contributed by atoms with Crippen molar-refractivity contribution in [3.8, 4) is 22.9 Å². The van der Waals surface area contributed by atoms with Gasteiger partial charge in [-0.1, -0.05) is 42.5 Å². The van der Waals surface area contributed by atoms with Gasteiger partial charge in [-0.15, -0.1) is 0 Å². The zero-order chi connectivity index (χ0) is 24.2. The van der Waals surface area contributed by atoms with Crippen LogP contribution in [0.2, 0.25) is 0 Å². The lowest BCUT2D eigenvalue weighted by atomic mass is 10.2. The van der Waals surface area contributed by atoms with Gasteiger partial charge in [0.2, 0.25) is 0 Å². The van der Waals surface area contributed by atoms with Crippen molar-refractivity contribution < 1.29 is 9.66 Å². The second kappa shape index (κ2) is 9.40. The summed E-state index contributed by atoms with van der Waals surface area (Å²) in [5.74, 6) is 1.49. The van der Waals surface area contributed by atoms with E-state index in [0.717, 1.165) is 11.1 Å². The number of nitro groups is 1. The molecule has 35 heavy (non-hydrogen) atoms. The van der Waals surface area contributed by atoms with E-state index in [9.17, 15) is 14.9 Å². The van der Waals surface area contributed by atoms with Crippen LogP contribution < -0.4 is 10.3 Å². The molecule has 0 N–H and O–H groups in total. The quantitative estimate of drug-likeness (QED) is 0.185. The van der Waals surface area contributed by atoms with Gasteiger partial charge in [0, 0.05) is 17.7 Å². The molecule has 0 atom stereocenters. The van der Waals surface area contributed by atoms with Crippen LogP contribution in [0.1, 0.15) is 5.56 Å². The van der Waals surface area contributed by atoms with Crippen LogP contribution in [0.4, 0.5) is 5.69 Å². The molecule has 8 heteroatoms. The molecule has 0 saturated carbocycles. The van der Waals surface area contributed by atoms with Gasteiger partial charge in [0.1, 0.15) is 11.5 Å². The van der Waals surface area contributed by atoms with E-state index in [0.29, 0.717) is 28.2 Å². The van der Waals surface area contributed by atoms with Gasteiger partial charge in [-0.3, -0.25) is 14.9 Å². The van der Waals surface area contributed by atoms with E-state index in [1.807, 2.05) is 36.4 Å². The number of para-hydroxylation sites is 1. The molecule has 0 fully saturated rings. The fourth-order valence-electron chi connectivity index (χ4n) is 3.52. The highest BCUT2D eigenvalue weighted by molar-refractivity contribution is 5.82. The van der Waals surface area contributed by atoms with Crippen molar-refractivity contribution in [1.29, 1.82) is 0 Å². The van der Waals surface area contributed by atoms with Crippen LogP contribution in [0.5, 0.6) is 11.5 Å². The summed E-state index contributed by atoms with van der Waals surface area (Å²) in [6.45, 7) is 0. The molecule has 0 unspecified atom stereocenters. The van der Waals surface area contributed by atoms with Crippen LogP contribution in [-0.2, 0) is 0 Å². The molecule has 4 aromatic carbocycles. The van der Waals surface area contributed by atoms with Crippen molar-refractivity contribution in [2.45, 2.75) is 0 Å². The Morgan fingerprint density at radius 2 is 1.46 bits per heavy atom. The summed E-state index contributed by atoms with van der Waals surface area (Å²) in [6, 6.07) is 29.6. The van der Waals surface area contributed by atoms with E-state index in [1.165, 1.54) is 28.9 Å². The van der Waals surface area contributed by atoms with E-state index in [-0.39, 0.29) is 11.2 Å². The molecule has 0 radical (unpaired) electrons. The maximum absolute atomic E-state index is 13.2. The van der Waals surface area contributed by atoms with Crippen molar-refractivity contribution >= 4 is 22.8 Å². The molecule has 5 rings (SSSR count). The van der Waals surface area contributed by atoms with E-state index < -0.39 is 4.92 Å². The molecule has 5 aromatic rings.